The van der Waals surface area contributed by atoms with E-state index in [0.717, 1.165) is 11.1 Å². The molecule has 1 fully saturated rings. The van der Waals surface area contributed by atoms with E-state index in [9.17, 15) is 13.5 Å². The Morgan fingerprint density at radius 2 is 1.80 bits per heavy atom. The van der Waals surface area contributed by atoms with Crippen LogP contribution in [-0.4, -0.2) is 36.5 Å². The summed E-state index contributed by atoms with van der Waals surface area (Å²) in [7, 11) is -3.35. The third-order valence-corrected chi connectivity index (χ3v) is 5.70. The molecule has 1 aliphatic heterocycles. The summed E-state index contributed by atoms with van der Waals surface area (Å²) in [6.45, 7) is 2.83. The summed E-state index contributed by atoms with van der Waals surface area (Å²) in [5.41, 5.74) is 6.51. The maximum absolute atomic E-state index is 12.4. The van der Waals surface area contributed by atoms with E-state index in [2.05, 4.69) is 0 Å². The van der Waals surface area contributed by atoms with Crippen LogP contribution in [-0.2, 0) is 22.3 Å². The van der Waals surface area contributed by atoms with Gasteiger partial charge in [-0.25, -0.2) is 12.7 Å². The van der Waals surface area contributed by atoms with E-state index in [1.807, 2.05) is 18.2 Å². The number of sulfonamides is 1. The molecule has 1 saturated heterocycles. The maximum atomic E-state index is 12.4. The molecule has 2 rings (SSSR count). The third kappa shape index (κ3) is 3.58. The fourth-order valence-electron chi connectivity index (χ4n) is 2.43. The fourth-order valence-corrected chi connectivity index (χ4v) is 4.03. The largest absolute Gasteiger partial charge is 0.390 e. The summed E-state index contributed by atoms with van der Waals surface area (Å²) in [5.74, 6) is -0.0253. The monoisotopic (exact) mass is 298 g/mol. The summed E-state index contributed by atoms with van der Waals surface area (Å²) < 4.78 is 26.3. The third-order valence-electron chi connectivity index (χ3n) is 3.87. The van der Waals surface area contributed by atoms with Crippen LogP contribution in [0.1, 0.15) is 30.9 Å². The van der Waals surface area contributed by atoms with Gasteiger partial charge in [-0.15, -0.1) is 0 Å². The Kier molecular flexibility index (Phi) is 4.49. The molecule has 0 atom stereocenters. The minimum atomic E-state index is -3.35. The van der Waals surface area contributed by atoms with Gasteiger partial charge < -0.3 is 10.8 Å². The Morgan fingerprint density at radius 3 is 2.35 bits per heavy atom. The predicted octanol–water partition coefficient (Wildman–Crippen LogP) is 0.822. The fraction of sp³-hybridized carbons (Fsp3) is 0.571. The second-order valence-corrected chi connectivity index (χ2v) is 7.59. The number of nitrogens with two attached hydrogens (primary N) is 1. The summed E-state index contributed by atoms with van der Waals surface area (Å²) in [6, 6.07) is 7.34. The highest BCUT2D eigenvalue weighted by molar-refractivity contribution is 7.88. The molecule has 6 heteroatoms. The molecule has 0 aromatic heterocycles. The van der Waals surface area contributed by atoms with Crippen molar-refractivity contribution >= 4 is 10.0 Å². The van der Waals surface area contributed by atoms with Crippen molar-refractivity contribution in [2.45, 2.75) is 37.7 Å². The number of aliphatic hydroxyl groups is 1. The molecule has 1 heterocycles. The van der Waals surface area contributed by atoms with Gasteiger partial charge in [0.15, 0.2) is 0 Å². The van der Waals surface area contributed by atoms with Gasteiger partial charge in [0, 0.05) is 19.6 Å². The van der Waals surface area contributed by atoms with E-state index >= 15 is 0 Å². The Balaban J connectivity index is 2.12. The van der Waals surface area contributed by atoms with Crippen molar-refractivity contribution in [3.05, 3.63) is 35.4 Å². The summed E-state index contributed by atoms with van der Waals surface area (Å²) >= 11 is 0. The van der Waals surface area contributed by atoms with Crippen molar-refractivity contribution in [2.75, 3.05) is 13.1 Å². The zero-order chi connectivity index (χ0) is 14.8. The van der Waals surface area contributed by atoms with Gasteiger partial charge >= 0.3 is 0 Å². The highest BCUT2D eigenvalue weighted by atomic mass is 32.2. The van der Waals surface area contributed by atoms with Gasteiger partial charge in [0.1, 0.15) is 0 Å². The molecule has 0 radical (unpaired) electrons. The molecule has 1 aromatic rings. The van der Waals surface area contributed by atoms with Crippen LogP contribution < -0.4 is 5.73 Å². The number of hydrogen-bond donors (Lipinski definition) is 2. The van der Waals surface area contributed by atoms with Crippen LogP contribution >= 0.6 is 0 Å². The van der Waals surface area contributed by atoms with Crippen molar-refractivity contribution in [2.24, 2.45) is 5.73 Å². The lowest BCUT2D eigenvalue weighted by atomic mass is 9.95. The van der Waals surface area contributed by atoms with Crippen molar-refractivity contribution < 1.29 is 13.5 Å². The van der Waals surface area contributed by atoms with Gasteiger partial charge in [0.2, 0.25) is 10.0 Å². The molecular weight excluding hydrogens is 276 g/mol. The molecule has 1 aromatic carbocycles. The number of nitrogens with zero attached hydrogens (tertiary/aromatic N) is 1. The first-order valence-electron chi connectivity index (χ1n) is 6.81. The first kappa shape index (κ1) is 15.4. The van der Waals surface area contributed by atoms with Crippen LogP contribution in [0, 0.1) is 0 Å². The Morgan fingerprint density at radius 1 is 1.25 bits per heavy atom. The molecule has 112 valence electrons. The minimum absolute atomic E-state index is 0.0253. The predicted molar refractivity (Wildman–Crippen MR) is 78.4 cm³/mol. The van der Waals surface area contributed by atoms with E-state index in [4.69, 9.17) is 5.73 Å². The van der Waals surface area contributed by atoms with Crippen LogP contribution in [0.25, 0.3) is 0 Å². The van der Waals surface area contributed by atoms with E-state index < -0.39 is 15.6 Å². The standard InChI is InChI=1S/C14H22N2O3S/c1-14(17)6-8-16(9-7-14)20(18,19)11-13-5-3-2-4-12(13)10-15/h2-5,17H,6-11,15H2,1H3. The molecule has 20 heavy (non-hydrogen) atoms. The smallest absolute Gasteiger partial charge is 0.218 e. The zero-order valence-corrected chi connectivity index (χ0v) is 12.6. The van der Waals surface area contributed by atoms with Gasteiger partial charge in [-0.3, -0.25) is 0 Å². The first-order chi connectivity index (χ1) is 9.34. The average molecular weight is 298 g/mol. The van der Waals surface area contributed by atoms with Crippen LogP contribution in [0.2, 0.25) is 0 Å². The van der Waals surface area contributed by atoms with Crippen LogP contribution in [0.3, 0.4) is 0 Å². The summed E-state index contributed by atoms with van der Waals surface area (Å²) in [6.07, 6.45) is 0.954. The molecular formula is C14H22N2O3S. The molecule has 5 nitrogen and oxygen atoms in total. The van der Waals surface area contributed by atoms with E-state index in [0.29, 0.717) is 32.5 Å². The van der Waals surface area contributed by atoms with E-state index in [1.165, 1.54) is 4.31 Å². The lowest BCUT2D eigenvalue weighted by Crippen LogP contribution is -2.45. The van der Waals surface area contributed by atoms with Crippen molar-refractivity contribution in [3.63, 3.8) is 0 Å². The normalized spacial score (nSPS) is 19.9. The van der Waals surface area contributed by atoms with Crippen molar-refractivity contribution in [1.82, 2.24) is 4.31 Å². The lowest BCUT2D eigenvalue weighted by molar-refractivity contribution is 0.0126. The molecule has 0 aliphatic carbocycles. The maximum Gasteiger partial charge on any atom is 0.218 e. The topological polar surface area (TPSA) is 83.6 Å². The average Bonchev–Trinajstić information content (AvgIpc) is 2.38. The number of piperidine rings is 1. The van der Waals surface area contributed by atoms with E-state index in [-0.39, 0.29) is 5.75 Å². The highest BCUT2D eigenvalue weighted by Gasteiger charge is 2.33. The second kappa shape index (κ2) is 5.81. The Hall–Kier alpha value is -0.950. The van der Waals surface area contributed by atoms with Gasteiger partial charge in [-0.1, -0.05) is 24.3 Å². The van der Waals surface area contributed by atoms with Gasteiger partial charge in [0.25, 0.3) is 0 Å². The SMILES string of the molecule is CC1(O)CCN(S(=O)(=O)Cc2ccccc2CN)CC1. The van der Waals surface area contributed by atoms with E-state index in [1.54, 1.807) is 13.0 Å². The number of hydrogen-bond acceptors (Lipinski definition) is 4. The number of benzene rings is 1. The molecule has 0 unspecified atom stereocenters. The summed E-state index contributed by atoms with van der Waals surface area (Å²) in [4.78, 5) is 0. The first-order valence-corrected chi connectivity index (χ1v) is 8.42. The highest BCUT2D eigenvalue weighted by Crippen LogP contribution is 2.25. The molecule has 1 aliphatic rings. The molecule has 0 amide bonds. The van der Waals surface area contributed by atoms with Gasteiger partial charge in [-0.2, -0.15) is 0 Å². The van der Waals surface area contributed by atoms with Crippen molar-refractivity contribution in [3.8, 4) is 0 Å². The number of rotatable bonds is 4. The van der Waals surface area contributed by atoms with Gasteiger partial charge in [0.05, 0.1) is 11.4 Å². The quantitative estimate of drug-likeness (QED) is 0.862. The molecule has 0 spiro atoms. The van der Waals surface area contributed by atoms with Crippen LogP contribution in [0.4, 0.5) is 0 Å². The van der Waals surface area contributed by atoms with Crippen LogP contribution in [0.15, 0.2) is 24.3 Å². The summed E-state index contributed by atoms with van der Waals surface area (Å²) in [5, 5.41) is 9.89. The Labute approximate surface area is 120 Å². The molecule has 0 saturated carbocycles. The Bertz CT molecular complexity index is 560. The van der Waals surface area contributed by atoms with Crippen LogP contribution in [0.5, 0.6) is 0 Å². The molecule has 0 bridgehead atoms. The van der Waals surface area contributed by atoms with Crippen molar-refractivity contribution in [1.29, 1.82) is 0 Å². The zero-order valence-electron chi connectivity index (χ0n) is 11.7. The lowest BCUT2D eigenvalue weighted by Gasteiger charge is -2.35. The molecule has 3 N–H and O–H groups in total. The van der Waals surface area contributed by atoms with Gasteiger partial charge in [-0.05, 0) is 30.9 Å². The minimum Gasteiger partial charge on any atom is -0.390 e. The second-order valence-electron chi connectivity index (χ2n) is 5.63.